The van der Waals surface area contributed by atoms with E-state index in [4.69, 9.17) is 4.74 Å². The lowest BCUT2D eigenvalue weighted by atomic mass is 10.1. The number of aromatic nitrogens is 2. The number of nitrogens with one attached hydrogen (secondary N) is 2. The van der Waals surface area contributed by atoms with Gasteiger partial charge in [-0.1, -0.05) is 58.4 Å². The predicted molar refractivity (Wildman–Crippen MR) is 96.7 cm³/mol. The molecular formula is C18H16BrN3O2. The SMILES string of the molecule is Cc1[nH]nc(NC(=O)OCc2ccccc2)c1-c1ccc(Br)cc1. The molecule has 2 N–H and O–H groups in total. The fraction of sp³-hybridized carbons (Fsp3) is 0.111. The molecule has 0 aliphatic rings. The number of carbonyl (C=O) groups is 1. The van der Waals surface area contributed by atoms with Gasteiger partial charge >= 0.3 is 6.09 Å². The van der Waals surface area contributed by atoms with E-state index in [2.05, 4.69) is 31.4 Å². The van der Waals surface area contributed by atoms with Gasteiger partial charge in [0.25, 0.3) is 0 Å². The van der Waals surface area contributed by atoms with Crippen LogP contribution in [-0.2, 0) is 11.3 Å². The van der Waals surface area contributed by atoms with Crippen LogP contribution in [0.5, 0.6) is 0 Å². The molecule has 2 aromatic carbocycles. The Balaban J connectivity index is 1.71. The van der Waals surface area contributed by atoms with Crippen molar-refractivity contribution >= 4 is 27.8 Å². The van der Waals surface area contributed by atoms with E-state index in [0.717, 1.165) is 26.9 Å². The molecule has 5 nitrogen and oxygen atoms in total. The van der Waals surface area contributed by atoms with Gasteiger partial charge in [-0.15, -0.1) is 0 Å². The van der Waals surface area contributed by atoms with Crippen molar-refractivity contribution < 1.29 is 9.53 Å². The second-order valence-electron chi connectivity index (χ2n) is 5.27. The quantitative estimate of drug-likeness (QED) is 0.671. The van der Waals surface area contributed by atoms with Crippen LogP contribution >= 0.6 is 15.9 Å². The first-order valence-electron chi connectivity index (χ1n) is 7.42. The topological polar surface area (TPSA) is 67.0 Å². The lowest BCUT2D eigenvalue weighted by Crippen LogP contribution is -2.14. The van der Waals surface area contributed by atoms with Gasteiger partial charge in [0.1, 0.15) is 6.61 Å². The molecule has 0 fully saturated rings. The van der Waals surface area contributed by atoms with E-state index in [9.17, 15) is 4.79 Å². The van der Waals surface area contributed by atoms with Crippen molar-refractivity contribution in [1.29, 1.82) is 0 Å². The van der Waals surface area contributed by atoms with E-state index >= 15 is 0 Å². The molecule has 24 heavy (non-hydrogen) atoms. The monoisotopic (exact) mass is 385 g/mol. The highest BCUT2D eigenvalue weighted by atomic mass is 79.9. The maximum absolute atomic E-state index is 12.0. The Morgan fingerprint density at radius 3 is 2.58 bits per heavy atom. The van der Waals surface area contributed by atoms with Gasteiger partial charge in [0.2, 0.25) is 0 Å². The Labute approximate surface area is 148 Å². The molecule has 3 rings (SSSR count). The van der Waals surface area contributed by atoms with Crippen LogP contribution in [0.25, 0.3) is 11.1 Å². The minimum absolute atomic E-state index is 0.212. The van der Waals surface area contributed by atoms with Crippen LogP contribution in [0.4, 0.5) is 10.6 Å². The first kappa shape index (κ1) is 16.3. The minimum atomic E-state index is -0.538. The third-order valence-corrected chi connectivity index (χ3v) is 4.04. The second kappa shape index (κ2) is 7.31. The molecule has 0 aliphatic carbocycles. The number of halogens is 1. The molecule has 0 unspecified atom stereocenters. The molecule has 1 amide bonds. The van der Waals surface area contributed by atoms with Gasteiger partial charge in [-0.25, -0.2) is 4.79 Å². The van der Waals surface area contributed by atoms with Crippen LogP contribution < -0.4 is 5.32 Å². The summed E-state index contributed by atoms with van der Waals surface area (Å²) in [5.41, 5.74) is 3.61. The zero-order valence-corrected chi connectivity index (χ0v) is 14.6. The Morgan fingerprint density at radius 2 is 1.88 bits per heavy atom. The number of aryl methyl sites for hydroxylation is 1. The number of hydrogen-bond donors (Lipinski definition) is 2. The molecule has 0 bridgehead atoms. The molecule has 1 aromatic heterocycles. The van der Waals surface area contributed by atoms with Crippen molar-refractivity contribution in [3.05, 3.63) is 70.3 Å². The van der Waals surface area contributed by atoms with Crippen LogP contribution in [0.1, 0.15) is 11.3 Å². The van der Waals surface area contributed by atoms with Crippen molar-refractivity contribution in [3.63, 3.8) is 0 Å². The number of ether oxygens (including phenoxy) is 1. The maximum atomic E-state index is 12.0. The molecule has 0 spiro atoms. The highest BCUT2D eigenvalue weighted by Gasteiger charge is 2.15. The molecule has 122 valence electrons. The zero-order valence-electron chi connectivity index (χ0n) is 13.0. The van der Waals surface area contributed by atoms with Gasteiger partial charge in [-0.05, 0) is 30.2 Å². The van der Waals surface area contributed by atoms with Gasteiger partial charge in [-0.3, -0.25) is 10.4 Å². The van der Waals surface area contributed by atoms with Crippen LogP contribution in [0, 0.1) is 6.92 Å². The second-order valence-corrected chi connectivity index (χ2v) is 6.18. The van der Waals surface area contributed by atoms with Gasteiger partial charge in [0, 0.05) is 15.7 Å². The lowest BCUT2D eigenvalue weighted by Gasteiger charge is -2.08. The highest BCUT2D eigenvalue weighted by Crippen LogP contribution is 2.30. The first-order chi connectivity index (χ1) is 11.6. The number of carbonyl (C=O) groups excluding carboxylic acids is 1. The summed E-state index contributed by atoms with van der Waals surface area (Å²) in [5.74, 6) is 0.452. The van der Waals surface area contributed by atoms with Crippen LogP contribution in [-0.4, -0.2) is 16.3 Å². The molecule has 0 radical (unpaired) electrons. The van der Waals surface area contributed by atoms with Crippen LogP contribution in [0.15, 0.2) is 59.1 Å². The van der Waals surface area contributed by atoms with Gasteiger partial charge < -0.3 is 4.74 Å². The van der Waals surface area contributed by atoms with Crippen molar-refractivity contribution in [2.75, 3.05) is 5.32 Å². The molecule has 0 atom stereocenters. The van der Waals surface area contributed by atoms with E-state index in [-0.39, 0.29) is 6.61 Å². The largest absolute Gasteiger partial charge is 0.444 e. The van der Waals surface area contributed by atoms with E-state index in [0.29, 0.717) is 5.82 Å². The standard InChI is InChI=1S/C18H16BrN3O2/c1-12-16(14-7-9-15(19)10-8-14)17(22-21-12)20-18(23)24-11-13-5-3-2-4-6-13/h2-10H,11H2,1H3,(H2,20,21,22,23). The summed E-state index contributed by atoms with van der Waals surface area (Å²) >= 11 is 3.42. The fourth-order valence-electron chi connectivity index (χ4n) is 2.35. The van der Waals surface area contributed by atoms with Crippen molar-refractivity contribution in [2.45, 2.75) is 13.5 Å². The normalized spacial score (nSPS) is 10.4. The predicted octanol–water partition coefficient (Wildman–Crippen LogP) is 4.90. The number of rotatable bonds is 4. The highest BCUT2D eigenvalue weighted by molar-refractivity contribution is 9.10. The van der Waals surface area contributed by atoms with Gasteiger partial charge in [0.15, 0.2) is 5.82 Å². The smallest absolute Gasteiger partial charge is 0.413 e. The molecule has 6 heteroatoms. The van der Waals surface area contributed by atoms with E-state index in [1.807, 2.05) is 61.5 Å². The summed E-state index contributed by atoms with van der Waals surface area (Å²) in [7, 11) is 0. The average molecular weight is 386 g/mol. The number of amides is 1. The minimum Gasteiger partial charge on any atom is -0.444 e. The molecule has 0 saturated heterocycles. The van der Waals surface area contributed by atoms with E-state index < -0.39 is 6.09 Å². The van der Waals surface area contributed by atoms with E-state index in [1.54, 1.807) is 0 Å². The third kappa shape index (κ3) is 3.83. The van der Waals surface area contributed by atoms with Crippen LogP contribution in [0.2, 0.25) is 0 Å². The summed E-state index contributed by atoms with van der Waals surface area (Å²) in [6.07, 6.45) is -0.538. The lowest BCUT2D eigenvalue weighted by molar-refractivity contribution is 0.155. The number of H-pyrrole nitrogens is 1. The zero-order chi connectivity index (χ0) is 16.9. The van der Waals surface area contributed by atoms with Crippen molar-refractivity contribution in [1.82, 2.24) is 10.2 Å². The summed E-state index contributed by atoms with van der Waals surface area (Å²) in [6, 6.07) is 17.3. The average Bonchev–Trinajstić information content (AvgIpc) is 2.95. The molecule has 0 saturated carbocycles. The van der Waals surface area contributed by atoms with E-state index in [1.165, 1.54) is 0 Å². The number of aromatic amines is 1. The van der Waals surface area contributed by atoms with Gasteiger partial charge in [0.05, 0.1) is 0 Å². The summed E-state index contributed by atoms with van der Waals surface area (Å²) in [4.78, 5) is 12.0. The first-order valence-corrected chi connectivity index (χ1v) is 8.21. The summed E-state index contributed by atoms with van der Waals surface area (Å²) in [5, 5.41) is 9.76. The Kier molecular flexibility index (Phi) is 4.96. The summed E-state index contributed by atoms with van der Waals surface area (Å²) in [6.45, 7) is 2.12. The number of hydrogen-bond acceptors (Lipinski definition) is 3. The maximum Gasteiger partial charge on any atom is 0.413 e. The summed E-state index contributed by atoms with van der Waals surface area (Å²) < 4.78 is 6.23. The van der Waals surface area contributed by atoms with Gasteiger partial charge in [-0.2, -0.15) is 5.10 Å². The number of benzene rings is 2. The molecule has 0 aliphatic heterocycles. The molecular weight excluding hydrogens is 370 g/mol. The van der Waals surface area contributed by atoms with Crippen molar-refractivity contribution in [2.24, 2.45) is 0 Å². The Bertz CT molecular complexity index is 829. The fourth-order valence-corrected chi connectivity index (χ4v) is 2.61. The number of nitrogens with zero attached hydrogens (tertiary/aromatic N) is 1. The molecule has 1 heterocycles. The van der Waals surface area contributed by atoms with Crippen LogP contribution in [0.3, 0.4) is 0 Å². The Hall–Kier alpha value is -2.60. The molecule has 3 aromatic rings. The number of anilines is 1. The third-order valence-electron chi connectivity index (χ3n) is 3.51. The van der Waals surface area contributed by atoms with Crippen molar-refractivity contribution in [3.8, 4) is 11.1 Å². The Morgan fingerprint density at radius 1 is 1.17 bits per heavy atom.